The highest BCUT2D eigenvalue weighted by Crippen LogP contribution is 2.41. The summed E-state index contributed by atoms with van der Waals surface area (Å²) >= 11 is 0. The van der Waals surface area contributed by atoms with Crippen LogP contribution in [0.1, 0.15) is 52.7 Å². The third-order valence-electron chi connectivity index (χ3n) is 3.91. The molecule has 1 aromatic carbocycles. The zero-order valence-electron chi connectivity index (χ0n) is 14.8. The van der Waals surface area contributed by atoms with Crippen molar-refractivity contribution < 1.29 is 4.74 Å². The van der Waals surface area contributed by atoms with E-state index in [9.17, 15) is 0 Å². The first-order valence-electron chi connectivity index (χ1n) is 7.79. The van der Waals surface area contributed by atoms with E-state index in [1.54, 1.807) is 7.11 Å². The van der Waals surface area contributed by atoms with Crippen LogP contribution < -0.4 is 4.74 Å². The van der Waals surface area contributed by atoms with E-state index < -0.39 is 0 Å². The summed E-state index contributed by atoms with van der Waals surface area (Å²) in [5, 5.41) is 0. The number of methoxy groups -OCH3 is 1. The molecule has 118 valence electrons. The van der Waals surface area contributed by atoms with Crippen LogP contribution in [-0.4, -0.2) is 12.1 Å². The monoisotopic (exact) mass is 297 g/mol. The van der Waals surface area contributed by atoms with E-state index in [4.69, 9.17) is 4.74 Å². The molecule has 0 aliphatic carbocycles. The lowest BCUT2D eigenvalue weighted by Crippen LogP contribution is -2.18. The SMILES string of the molecule is COc1c(-c2ccccn2)cc(C(C)(C)C)cc1C(C)(C)C. The highest BCUT2D eigenvalue weighted by Gasteiger charge is 2.26. The van der Waals surface area contributed by atoms with Crippen LogP contribution in [0.2, 0.25) is 0 Å². The van der Waals surface area contributed by atoms with Gasteiger partial charge in [-0.05, 0) is 34.6 Å². The van der Waals surface area contributed by atoms with Crippen molar-refractivity contribution >= 4 is 0 Å². The first kappa shape index (κ1) is 16.5. The molecule has 0 spiro atoms. The fourth-order valence-corrected chi connectivity index (χ4v) is 2.55. The van der Waals surface area contributed by atoms with E-state index in [0.717, 1.165) is 17.0 Å². The first-order chi connectivity index (χ1) is 10.1. The number of pyridine rings is 1. The smallest absolute Gasteiger partial charge is 0.131 e. The van der Waals surface area contributed by atoms with E-state index in [1.807, 2.05) is 24.4 Å². The maximum Gasteiger partial charge on any atom is 0.131 e. The van der Waals surface area contributed by atoms with Gasteiger partial charge in [-0.3, -0.25) is 4.98 Å². The second-order valence-electron chi connectivity index (χ2n) is 7.82. The molecule has 1 heterocycles. The molecule has 0 bridgehead atoms. The summed E-state index contributed by atoms with van der Waals surface area (Å²) in [4.78, 5) is 4.52. The lowest BCUT2D eigenvalue weighted by atomic mass is 9.78. The van der Waals surface area contributed by atoms with Crippen LogP contribution in [0, 0.1) is 0 Å². The van der Waals surface area contributed by atoms with Crippen molar-refractivity contribution in [3.8, 4) is 17.0 Å². The van der Waals surface area contributed by atoms with Crippen LogP contribution in [-0.2, 0) is 10.8 Å². The third-order valence-corrected chi connectivity index (χ3v) is 3.91. The molecule has 2 heteroatoms. The van der Waals surface area contributed by atoms with E-state index in [2.05, 4.69) is 58.7 Å². The molecule has 0 unspecified atom stereocenters. The minimum Gasteiger partial charge on any atom is -0.496 e. The lowest BCUT2D eigenvalue weighted by Gasteiger charge is -2.28. The van der Waals surface area contributed by atoms with Crippen molar-refractivity contribution in [3.05, 3.63) is 47.7 Å². The van der Waals surface area contributed by atoms with Crippen molar-refractivity contribution in [2.75, 3.05) is 7.11 Å². The number of ether oxygens (including phenoxy) is 1. The third kappa shape index (κ3) is 3.32. The Hall–Kier alpha value is -1.83. The Kier molecular flexibility index (Phi) is 4.32. The summed E-state index contributed by atoms with van der Waals surface area (Å²) in [6.07, 6.45) is 1.83. The van der Waals surface area contributed by atoms with Gasteiger partial charge in [-0.25, -0.2) is 0 Å². The summed E-state index contributed by atoms with van der Waals surface area (Å²) in [6.45, 7) is 13.4. The highest BCUT2D eigenvalue weighted by atomic mass is 16.5. The van der Waals surface area contributed by atoms with Crippen LogP contribution >= 0.6 is 0 Å². The van der Waals surface area contributed by atoms with Crippen molar-refractivity contribution in [2.24, 2.45) is 0 Å². The maximum atomic E-state index is 5.79. The maximum absolute atomic E-state index is 5.79. The predicted molar refractivity (Wildman–Crippen MR) is 93.6 cm³/mol. The van der Waals surface area contributed by atoms with Crippen LogP contribution in [0.25, 0.3) is 11.3 Å². The quantitative estimate of drug-likeness (QED) is 0.745. The molecule has 0 aliphatic rings. The molecule has 0 saturated carbocycles. The average Bonchev–Trinajstić information content (AvgIpc) is 2.44. The van der Waals surface area contributed by atoms with Crippen molar-refractivity contribution in [2.45, 2.75) is 52.4 Å². The van der Waals surface area contributed by atoms with Gasteiger partial charge >= 0.3 is 0 Å². The summed E-state index contributed by atoms with van der Waals surface area (Å²) in [5.41, 5.74) is 4.64. The molecule has 0 fully saturated rings. The summed E-state index contributed by atoms with van der Waals surface area (Å²) in [6, 6.07) is 10.5. The summed E-state index contributed by atoms with van der Waals surface area (Å²) in [5.74, 6) is 0.930. The molecule has 0 amide bonds. The van der Waals surface area contributed by atoms with Gasteiger partial charge in [0.15, 0.2) is 0 Å². The molecule has 2 nitrogen and oxygen atoms in total. The van der Waals surface area contributed by atoms with Crippen LogP contribution in [0.5, 0.6) is 5.75 Å². The number of aromatic nitrogens is 1. The molecular weight excluding hydrogens is 270 g/mol. The van der Waals surface area contributed by atoms with Gasteiger partial charge in [0.2, 0.25) is 0 Å². The fraction of sp³-hybridized carbons (Fsp3) is 0.450. The second kappa shape index (κ2) is 5.75. The summed E-state index contributed by atoms with van der Waals surface area (Å²) < 4.78 is 5.79. The number of hydrogen-bond donors (Lipinski definition) is 0. The van der Waals surface area contributed by atoms with Gasteiger partial charge in [0, 0.05) is 17.3 Å². The first-order valence-corrected chi connectivity index (χ1v) is 7.79. The van der Waals surface area contributed by atoms with Crippen molar-refractivity contribution in [1.29, 1.82) is 0 Å². The fourth-order valence-electron chi connectivity index (χ4n) is 2.55. The van der Waals surface area contributed by atoms with Gasteiger partial charge in [-0.2, -0.15) is 0 Å². The van der Waals surface area contributed by atoms with E-state index in [-0.39, 0.29) is 10.8 Å². The predicted octanol–water partition coefficient (Wildman–Crippen LogP) is 5.35. The molecule has 0 saturated heterocycles. The zero-order valence-corrected chi connectivity index (χ0v) is 14.8. The number of benzene rings is 1. The Bertz CT molecular complexity index is 646. The van der Waals surface area contributed by atoms with Gasteiger partial charge < -0.3 is 4.74 Å². The minimum absolute atomic E-state index is 0.0101. The van der Waals surface area contributed by atoms with Gasteiger partial charge in [0.05, 0.1) is 12.8 Å². The highest BCUT2D eigenvalue weighted by molar-refractivity contribution is 5.71. The second-order valence-corrected chi connectivity index (χ2v) is 7.82. The number of nitrogens with zero attached hydrogens (tertiary/aromatic N) is 1. The summed E-state index contributed by atoms with van der Waals surface area (Å²) in [7, 11) is 1.74. The Morgan fingerprint density at radius 1 is 0.909 bits per heavy atom. The van der Waals surface area contributed by atoms with Crippen molar-refractivity contribution in [1.82, 2.24) is 4.98 Å². The molecule has 2 rings (SSSR count). The number of rotatable bonds is 2. The van der Waals surface area contributed by atoms with Crippen LogP contribution in [0.4, 0.5) is 0 Å². The zero-order chi connectivity index (χ0) is 16.5. The molecule has 0 aliphatic heterocycles. The van der Waals surface area contributed by atoms with Crippen LogP contribution in [0.15, 0.2) is 36.5 Å². The molecule has 0 N–H and O–H groups in total. The topological polar surface area (TPSA) is 22.1 Å². The van der Waals surface area contributed by atoms with E-state index in [1.165, 1.54) is 11.1 Å². The Morgan fingerprint density at radius 3 is 2.05 bits per heavy atom. The van der Waals surface area contributed by atoms with Crippen LogP contribution in [0.3, 0.4) is 0 Å². The molecule has 22 heavy (non-hydrogen) atoms. The normalized spacial score (nSPS) is 12.3. The average molecular weight is 297 g/mol. The molecular formula is C20H27NO. The number of hydrogen-bond acceptors (Lipinski definition) is 2. The Labute approximate surface area is 134 Å². The molecule has 0 radical (unpaired) electrons. The van der Waals surface area contributed by atoms with Gasteiger partial charge in [-0.1, -0.05) is 53.7 Å². The lowest BCUT2D eigenvalue weighted by molar-refractivity contribution is 0.398. The van der Waals surface area contributed by atoms with E-state index in [0.29, 0.717) is 0 Å². The minimum atomic E-state index is 0.0101. The Morgan fingerprint density at radius 2 is 1.59 bits per heavy atom. The molecule has 1 aromatic heterocycles. The standard InChI is InChI=1S/C20H27NO/c1-19(2,3)14-12-15(17-10-8-9-11-21-17)18(22-7)16(13-14)20(4,5)6/h8-13H,1-7H3. The largest absolute Gasteiger partial charge is 0.496 e. The van der Waals surface area contributed by atoms with E-state index >= 15 is 0 Å². The Balaban J connectivity index is 2.81. The molecule has 0 atom stereocenters. The van der Waals surface area contributed by atoms with Gasteiger partial charge in [0.1, 0.15) is 5.75 Å². The van der Waals surface area contributed by atoms with Crippen molar-refractivity contribution in [3.63, 3.8) is 0 Å². The molecule has 2 aromatic rings. The van der Waals surface area contributed by atoms with Gasteiger partial charge in [0.25, 0.3) is 0 Å². The van der Waals surface area contributed by atoms with Gasteiger partial charge in [-0.15, -0.1) is 0 Å².